The summed E-state index contributed by atoms with van der Waals surface area (Å²) in [6, 6.07) is 16.3. The van der Waals surface area contributed by atoms with E-state index in [2.05, 4.69) is 52.2 Å². The lowest BCUT2D eigenvalue weighted by Gasteiger charge is -2.03. The Kier molecular flexibility index (Phi) is 3.53. The molecule has 0 radical (unpaired) electrons. The Labute approximate surface area is 162 Å². The molecule has 0 aliphatic heterocycles. The average Bonchev–Trinajstić information content (AvgIpc) is 3.21. The number of nitrogens with zero attached hydrogens (tertiary/aromatic N) is 1. The van der Waals surface area contributed by atoms with Gasteiger partial charge in [-0.15, -0.1) is 0 Å². The number of benzene rings is 3. The van der Waals surface area contributed by atoms with Gasteiger partial charge in [-0.3, -0.25) is 10.1 Å². The van der Waals surface area contributed by atoms with E-state index in [1.807, 2.05) is 24.3 Å². The number of nitrogens with one attached hydrogen (secondary N) is 1. The molecule has 1 aliphatic rings. The van der Waals surface area contributed by atoms with E-state index in [1.165, 1.54) is 21.9 Å². The van der Waals surface area contributed by atoms with Gasteiger partial charge in [0.25, 0.3) is 5.91 Å². The number of aromatic nitrogens is 1. The molecule has 0 bridgehead atoms. The molecule has 1 amide bonds. The van der Waals surface area contributed by atoms with Crippen LogP contribution < -0.4 is 5.32 Å². The first-order valence-corrected chi connectivity index (χ1v) is 10.00. The fourth-order valence-electron chi connectivity index (χ4n) is 3.57. The highest BCUT2D eigenvalue weighted by Gasteiger charge is 2.19. The first kappa shape index (κ1) is 15.3. The number of carbonyl (C=O) groups excluding carboxylic acids is 1. The van der Waals surface area contributed by atoms with Crippen LogP contribution in [0.5, 0.6) is 0 Å². The lowest BCUT2D eigenvalue weighted by atomic mass is 10.0. The zero-order valence-corrected chi connectivity index (χ0v) is 16.1. The van der Waals surface area contributed by atoms with Crippen molar-refractivity contribution >= 4 is 66.0 Å². The molecular formula is C20H13IN2OS. The summed E-state index contributed by atoms with van der Waals surface area (Å²) < 4.78 is 2.07. The highest BCUT2D eigenvalue weighted by atomic mass is 127. The van der Waals surface area contributed by atoms with Crippen molar-refractivity contribution in [1.82, 2.24) is 4.98 Å². The van der Waals surface area contributed by atoms with Crippen molar-refractivity contribution < 1.29 is 4.79 Å². The molecule has 122 valence electrons. The van der Waals surface area contributed by atoms with Crippen LogP contribution in [-0.2, 0) is 12.8 Å². The quantitative estimate of drug-likeness (QED) is 0.410. The van der Waals surface area contributed by atoms with Gasteiger partial charge in [-0.2, -0.15) is 0 Å². The molecule has 25 heavy (non-hydrogen) atoms. The van der Waals surface area contributed by atoms with E-state index in [-0.39, 0.29) is 5.91 Å². The molecule has 3 nitrogen and oxygen atoms in total. The van der Waals surface area contributed by atoms with Crippen molar-refractivity contribution in [2.45, 2.75) is 12.8 Å². The third-order valence-electron chi connectivity index (χ3n) is 4.69. The van der Waals surface area contributed by atoms with E-state index in [1.54, 1.807) is 11.3 Å². The van der Waals surface area contributed by atoms with E-state index >= 15 is 0 Å². The van der Waals surface area contributed by atoms with Gasteiger partial charge in [0.15, 0.2) is 5.13 Å². The number of rotatable bonds is 2. The predicted octanol–water partition coefficient (Wildman–Crippen LogP) is 5.41. The van der Waals surface area contributed by atoms with Crippen molar-refractivity contribution in [2.24, 2.45) is 0 Å². The molecule has 0 unspecified atom stereocenters. The number of halogens is 1. The average molecular weight is 456 g/mol. The third-order valence-corrected chi connectivity index (χ3v) is 6.55. The van der Waals surface area contributed by atoms with Crippen molar-refractivity contribution in [3.05, 3.63) is 68.8 Å². The van der Waals surface area contributed by atoms with Crippen LogP contribution in [0.1, 0.15) is 21.5 Å². The fraction of sp³-hybridized carbons (Fsp3) is 0.100. The van der Waals surface area contributed by atoms with Gasteiger partial charge in [0.05, 0.1) is 15.8 Å². The molecule has 0 atom stereocenters. The molecule has 1 heterocycles. The zero-order chi connectivity index (χ0) is 17.0. The van der Waals surface area contributed by atoms with Crippen molar-refractivity contribution in [3.8, 4) is 0 Å². The van der Waals surface area contributed by atoms with Crippen LogP contribution in [0, 0.1) is 3.57 Å². The lowest BCUT2D eigenvalue weighted by molar-refractivity contribution is 0.102. The second-order valence-corrected chi connectivity index (χ2v) is 8.37. The van der Waals surface area contributed by atoms with Gasteiger partial charge in [-0.1, -0.05) is 41.7 Å². The fourth-order valence-corrected chi connectivity index (χ4v) is 5.14. The van der Waals surface area contributed by atoms with E-state index in [0.717, 1.165) is 26.6 Å². The molecule has 3 aromatic carbocycles. The monoisotopic (exact) mass is 456 g/mol. The Morgan fingerprint density at radius 3 is 2.80 bits per heavy atom. The van der Waals surface area contributed by atoms with Gasteiger partial charge in [-0.05, 0) is 70.1 Å². The van der Waals surface area contributed by atoms with Crippen molar-refractivity contribution in [2.75, 3.05) is 5.32 Å². The Bertz CT molecular complexity index is 1170. The smallest absolute Gasteiger partial charge is 0.258 e. The van der Waals surface area contributed by atoms with E-state index < -0.39 is 0 Å². The van der Waals surface area contributed by atoms with Crippen LogP contribution >= 0.6 is 33.9 Å². The first-order chi connectivity index (χ1) is 12.2. The number of aryl methyl sites for hydroxylation is 2. The molecule has 5 rings (SSSR count). The number of carbonyl (C=O) groups is 1. The second kappa shape index (κ2) is 5.78. The van der Waals surface area contributed by atoms with Gasteiger partial charge >= 0.3 is 0 Å². The minimum Gasteiger partial charge on any atom is -0.298 e. The highest BCUT2D eigenvalue weighted by Crippen LogP contribution is 2.39. The molecular weight excluding hydrogens is 443 g/mol. The number of hydrogen-bond acceptors (Lipinski definition) is 3. The summed E-state index contributed by atoms with van der Waals surface area (Å²) >= 11 is 3.73. The normalized spacial score (nSPS) is 12.8. The molecule has 0 saturated heterocycles. The van der Waals surface area contributed by atoms with Crippen LogP contribution in [0.2, 0.25) is 0 Å². The third kappa shape index (κ3) is 2.45. The van der Waals surface area contributed by atoms with Gasteiger partial charge in [-0.25, -0.2) is 4.98 Å². The predicted molar refractivity (Wildman–Crippen MR) is 112 cm³/mol. The summed E-state index contributed by atoms with van der Waals surface area (Å²) in [6.07, 6.45) is 2.20. The second-order valence-electron chi connectivity index (χ2n) is 6.18. The summed E-state index contributed by atoms with van der Waals surface area (Å²) in [5.41, 5.74) is 4.48. The molecule has 5 heteroatoms. The summed E-state index contributed by atoms with van der Waals surface area (Å²) in [4.78, 5) is 17.3. The Hall–Kier alpha value is -1.99. The summed E-state index contributed by atoms with van der Waals surface area (Å²) in [7, 11) is 0. The molecule has 0 saturated carbocycles. The molecule has 0 fully saturated rings. The van der Waals surface area contributed by atoms with E-state index in [0.29, 0.717) is 10.7 Å². The molecule has 4 aromatic rings. The molecule has 1 aliphatic carbocycles. The van der Waals surface area contributed by atoms with Gasteiger partial charge in [0.1, 0.15) is 0 Å². The van der Waals surface area contributed by atoms with Gasteiger partial charge < -0.3 is 0 Å². The number of anilines is 1. The van der Waals surface area contributed by atoms with E-state index in [9.17, 15) is 4.79 Å². The van der Waals surface area contributed by atoms with Crippen molar-refractivity contribution in [1.29, 1.82) is 0 Å². The van der Waals surface area contributed by atoms with Gasteiger partial charge in [0.2, 0.25) is 0 Å². The van der Waals surface area contributed by atoms with Gasteiger partial charge in [0, 0.05) is 8.96 Å². The standard InChI is InChI=1S/C20H13IN2OS/c21-15-7-2-1-5-13(15)19(24)23-20-22-18-14-6-3-4-11-8-9-12(17(11)14)10-16(18)25-20/h1-7,10H,8-9H2,(H,22,23,24). The van der Waals surface area contributed by atoms with E-state index in [4.69, 9.17) is 4.98 Å². The number of hydrogen-bond donors (Lipinski definition) is 1. The van der Waals surface area contributed by atoms with Crippen LogP contribution in [0.15, 0.2) is 48.5 Å². The highest BCUT2D eigenvalue weighted by molar-refractivity contribution is 14.1. The molecule has 1 aromatic heterocycles. The summed E-state index contributed by atoms with van der Waals surface area (Å²) in [6.45, 7) is 0. The number of fused-ring (bicyclic) bond motifs is 2. The lowest BCUT2D eigenvalue weighted by Crippen LogP contribution is -2.12. The Morgan fingerprint density at radius 1 is 1.08 bits per heavy atom. The maximum atomic E-state index is 12.6. The number of thiazole rings is 1. The zero-order valence-electron chi connectivity index (χ0n) is 13.2. The topological polar surface area (TPSA) is 42.0 Å². The maximum Gasteiger partial charge on any atom is 0.258 e. The maximum absolute atomic E-state index is 12.6. The van der Waals surface area contributed by atoms with Crippen LogP contribution in [0.25, 0.3) is 21.0 Å². The summed E-state index contributed by atoms with van der Waals surface area (Å²) in [5.74, 6) is -0.110. The minimum atomic E-state index is -0.110. The first-order valence-electron chi connectivity index (χ1n) is 8.10. The number of amides is 1. The summed E-state index contributed by atoms with van der Waals surface area (Å²) in [5, 5.41) is 6.19. The Morgan fingerprint density at radius 2 is 1.92 bits per heavy atom. The SMILES string of the molecule is O=C(Nc1nc2c(cc3c4c(cccc42)CC3)s1)c1ccccc1I. The van der Waals surface area contributed by atoms with Crippen LogP contribution in [0.3, 0.4) is 0 Å². The van der Waals surface area contributed by atoms with Crippen molar-refractivity contribution in [3.63, 3.8) is 0 Å². The van der Waals surface area contributed by atoms with Crippen LogP contribution in [0.4, 0.5) is 5.13 Å². The minimum absolute atomic E-state index is 0.110. The molecule has 1 N–H and O–H groups in total. The molecule has 0 spiro atoms. The largest absolute Gasteiger partial charge is 0.298 e. The van der Waals surface area contributed by atoms with Crippen LogP contribution in [-0.4, -0.2) is 10.9 Å². The Balaban J connectivity index is 1.60.